The van der Waals surface area contributed by atoms with Crippen LogP contribution in [0.15, 0.2) is 18.5 Å². The Hall–Kier alpha value is -1.06. The van der Waals surface area contributed by atoms with E-state index in [9.17, 15) is 0 Å². The Balaban J connectivity index is 2.30. The van der Waals surface area contributed by atoms with Crippen LogP contribution in [-0.2, 0) is 6.54 Å². The quantitative estimate of drug-likeness (QED) is 0.772. The van der Waals surface area contributed by atoms with Crippen LogP contribution in [0.3, 0.4) is 0 Å². The van der Waals surface area contributed by atoms with Crippen molar-refractivity contribution in [1.82, 2.24) is 14.5 Å². The van der Waals surface area contributed by atoms with Gasteiger partial charge in [-0.15, -0.1) is 0 Å². The molecular weight excluding hydrogens is 245 g/mol. The average molecular weight is 256 g/mol. The summed E-state index contributed by atoms with van der Waals surface area (Å²) in [7, 11) is 0. The number of aryl methyl sites for hydroxylation is 1. The fourth-order valence-electron chi connectivity index (χ4n) is 1.45. The molecule has 0 saturated carbocycles. The van der Waals surface area contributed by atoms with Crippen LogP contribution in [-0.4, -0.2) is 14.5 Å². The number of halogens is 2. The Labute approximate surface area is 104 Å². The first-order valence-electron chi connectivity index (χ1n) is 4.87. The highest BCUT2D eigenvalue weighted by Gasteiger charge is 2.06. The average Bonchev–Trinajstić information content (AvgIpc) is 2.54. The van der Waals surface area contributed by atoms with Gasteiger partial charge in [-0.1, -0.05) is 29.3 Å². The van der Waals surface area contributed by atoms with Crippen LogP contribution < -0.4 is 0 Å². The molecule has 0 N–H and O–H groups in total. The van der Waals surface area contributed by atoms with Crippen LogP contribution in [0.5, 0.6) is 0 Å². The molecule has 0 atom stereocenters. The largest absolute Gasteiger partial charge is 0.330 e. The van der Waals surface area contributed by atoms with Crippen molar-refractivity contribution < 1.29 is 0 Å². The number of pyridine rings is 1. The molecular formula is C11H11Cl2N3. The van der Waals surface area contributed by atoms with Crippen molar-refractivity contribution in [3.8, 4) is 0 Å². The third-order valence-corrected chi connectivity index (χ3v) is 3.12. The molecule has 5 heteroatoms. The molecule has 2 aromatic rings. The standard InChI is InChI=1S/C11H11Cl2N3/c1-7-8(2)16(6-14-7)5-9-3-4-10(12)15-11(9)13/h3-4,6H,5H2,1-2H3. The summed E-state index contributed by atoms with van der Waals surface area (Å²) in [5.74, 6) is 0. The van der Waals surface area contributed by atoms with Crippen molar-refractivity contribution in [2.24, 2.45) is 0 Å². The second-order valence-corrected chi connectivity index (χ2v) is 4.37. The zero-order chi connectivity index (χ0) is 11.7. The van der Waals surface area contributed by atoms with E-state index in [4.69, 9.17) is 23.2 Å². The van der Waals surface area contributed by atoms with Crippen LogP contribution in [0.2, 0.25) is 10.3 Å². The summed E-state index contributed by atoms with van der Waals surface area (Å²) in [6.07, 6.45) is 1.80. The van der Waals surface area contributed by atoms with E-state index >= 15 is 0 Å². The molecule has 0 fully saturated rings. The summed E-state index contributed by atoms with van der Waals surface area (Å²) in [5.41, 5.74) is 3.09. The molecule has 0 saturated heterocycles. The normalized spacial score (nSPS) is 10.8. The van der Waals surface area contributed by atoms with Crippen molar-refractivity contribution in [3.63, 3.8) is 0 Å². The summed E-state index contributed by atoms with van der Waals surface area (Å²) < 4.78 is 2.03. The van der Waals surface area contributed by atoms with Gasteiger partial charge >= 0.3 is 0 Å². The van der Waals surface area contributed by atoms with Crippen molar-refractivity contribution in [2.75, 3.05) is 0 Å². The third kappa shape index (κ3) is 2.20. The van der Waals surface area contributed by atoms with Gasteiger partial charge in [0, 0.05) is 11.3 Å². The van der Waals surface area contributed by atoms with E-state index in [-0.39, 0.29) is 0 Å². The Morgan fingerprint density at radius 3 is 2.56 bits per heavy atom. The maximum absolute atomic E-state index is 6.01. The highest BCUT2D eigenvalue weighted by Crippen LogP contribution is 2.18. The molecule has 84 valence electrons. The predicted molar refractivity (Wildman–Crippen MR) is 65.1 cm³/mol. The Morgan fingerprint density at radius 1 is 1.25 bits per heavy atom. The summed E-state index contributed by atoms with van der Waals surface area (Å²) >= 11 is 11.7. The molecule has 0 amide bonds. The fourth-order valence-corrected chi connectivity index (χ4v) is 1.85. The smallest absolute Gasteiger partial charge is 0.135 e. The predicted octanol–water partition coefficient (Wildman–Crippen LogP) is 3.25. The Morgan fingerprint density at radius 2 is 2.00 bits per heavy atom. The summed E-state index contributed by atoms with van der Waals surface area (Å²) in [6.45, 7) is 4.67. The van der Waals surface area contributed by atoms with Gasteiger partial charge in [0.2, 0.25) is 0 Å². The first-order chi connectivity index (χ1) is 7.58. The highest BCUT2D eigenvalue weighted by molar-refractivity contribution is 6.32. The van der Waals surface area contributed by atoms with E-state index in [1.807, 2.05) is 24.5 Å². The van der Waals surface area contributed by atoms with Crippen LogP contribution >= 0.6 is 23.2 Å². The molecule has 16 heavy (non-hydrogen) atoms. The van der Waals surface area contributed by atoms with Gasteiger partial charge in [0.1, 0.15) is 10.3 Å². The molecule has 2 heterocycles. The van der Waals surface area contributed by atoms with Gasteiger partial charge in [0.15, 0.2) is 0 Å². The van der Waals surface area contributed by atoms with Gasteiger partial charge in [-0.2, -0.15) is 0 Å². The minimum atomic E-state index is 0.410. The number of imidazole rings is 1. The molecule has 2 aromatic heterocycles. The lowest BCUT2D eigenvalue weighted by Gasteiger charge is -2.07. The van der Waals surface area contributed by atoms with Gasteiger partial charge in [0.05, 0.1) is 18.6 Å². The van der Waals surface area contributed by atoms with E-state index in [0.717, 1.165) is 17.0 Å². The lowest BCUT2D eigenvalue weighted by atomic mass is 10.2. The second-order valence-electron chi connectivity index (χ2n) is 3.63. The molecule has 0 unspecified atom stereocenters. The molecule has 3 nitrogen and oxygen atoms in total. The number of hydrogen-bond acceptors (Lipinski definition) is 2. The minimum Gasteiger partial charge on any atom is -0.330 e. The van der Waals surface area contributed by atoms with Gasteiger partial charge < -0.3 is 4.57 Å². The molecule has 0 radical (unpaired) electrons. The maximum Gasteiger partial charge on any atom is 0.135 e. The molecule has 0 aliphatic heterocycles. The first-order valence-corrected chi connectivity index (χ1v) is 5.63. The lowest BCUT2D eigenvalue weighted by molar-refractivity contribution is 0.765. The fraction of sp³-hybridized carbons (Fsp3) is 0.273. The van der Waals surface area contributed by atoms with Crippen molar-refractivity contribution in [3.05, 3.63) is 45.7 Å². The molecule has 2 rings (SSSR count). The molecule has 0 aromatic carbocycles. The van der Waals surface area contributed by atoms with Crippen molar-refractivity contribution in [2.45, 2.75) is 20.4 Å². The molecule has 0 spiro atoms. The van der Waals surface area contributed by atoms with Crippen LogP contribution in [0.4, 0.5) is 0 Å². The SMILES string of the molecule is Cc1ncn(Cc2ccc(Cl)nc2Cl)c1C. The Bertz CT molecular complexity index is 520. The minimum absolute atomic E-state index is 0.410. The van der Waals surface area contributed by atoms with E-state index in [1.165, 1.54) is 0 Å². The topological polar surface area (TPSA) is 30.7 Å². The first kappa shape index (κ1) is 11.4. The number of aromatic nitrogens is 3. The van der Waals surface area contributed by atoms with Crippen molar-refractivity contribution >= 4 is 23.2 Å². The Kier molecular flexibility index (Phi) is 3.17. The zero-order valence-electron chi connectivity index (χ0n) is 9.04. The van der Waals surface area contributed by atoms with Crippen molar-refractivity contribution in [1.29, 1.82) is 0 Å². The maximum atomic E-state index is 6.01. The number of hydrogen-bond donors (Lipinski definition) is 0. The number of rotatable bonds is 2. The molecule has 0 bridgehead atoms. The van der Waals surface area contributed by atoms with Crippen LogP contribution in [0, 0.1) is 13.8 Å². The molecule has 0 aliphatic carbocycles. The van der Waals surface area contributed by atoms with Gasteiger partial charge in [0.25, 0.3) is 0 Å². The lowest BCUT2D eigenvalue weighted by Crippen LogP contribution is -2.02. The van der Waals surface area contributed by atoms with Gasteiger partial charge in [-0.25, -0.2) is 9.97 Å². The van der Waals surface area contributed by atoms with E-state index in [2.05, 4.69) is 9.97 Å². The van der Waals surface area contributed by atoms with E-state index in [1.54, 1.807) is 12.4 Å². The summed E-state index contributed by atoms with van der Waals surface area (Å²) in [6, 6.07) is 3.62. The summed E-state index contributed by atoms with van der Waals surface area (Å²) in [4.78, 5) is 8.24. The van der Waals surface area contributed by atoms with E-state index < -0.39 is 0 Å². The monoisotopic (exact) mass is 255 g/mol. The third-order valence-electron chi connectivity index (χ3n) is 2.58. The van der Waals surface area contributed by atoms with Crippen LogP contribution in [0.25, 0.3) is 0 Å². The van der Waals surface area contributed by atoms with Crippen LogP contribution in [0.1, 0.15) is 17.0 Å². The highest BCUT2D eigenvalue weighted by atomic mass is 35.5. The second kappa shape index (κ2) is 4.44. The zero-order valence-corrected chi connectivity index (χ0v) is 10.5. The van der Waals surface area contributed by atoms with E-state index in [0.29, 0.717) is 16.9 Å². The van der Waals surface area contributed by atoms with Gasteiger partial charge in [-0.3, -0.25) is 0 Å². The molecule has 0 aliphatic rings. The summed E-state index contributed by atoms with van der Waals surface area (Å²) in [5, 5.41) is 0.852. The van der Waals surface area contributed by atoms with Gasteiger partial charge in [-0.05, 0) is 19.9 Å². The number of nitrogens with zero attached hydrogens (tertiary/aromatic N) is 3.